The molecule has 1 aromatic heterocycles. The zero-order valence-electron chi connectivity index (χ0n) is 16.4. The Balaban J connectivity index is 1.69. The number of aromatic nitrogens is 2. The maximum atomic E-state index is 12.5. The molecule has 3 aromatic rings. The molecule has 29 heavy (non-hydrogen) atoms. The Hall–Kier alpha value is -3.48. The molecule has 0 aliphatic rings. The van der Waals surface area contributed by atoms with E-state index in [1.807, 2.05) is 54.6 Å². The van der Waals surface area contributed by atoms with Gasteiger partial charge in [-0.1, -0.05) is 42.5 Å². The van der Waals surface area contributed by atoms with Gasteiger partial charge in [-0.2, -0.15) is 0 Å². The van der Waals surface area contributed by atoms with E-state index >= 15 is 0 Å². The second kappa shape index (κ2) is 9.14. The van der Waals surface area contributed by atoms with Crippen LogP contribution in [0.3, 0.4) is 0 Å². The van der Waals surface area contributed by atoms with Crippen LogP contribution in [0.1, 0.15) is 17.7 Å². The molecule has 1 unspecified atom stereocenters. The van der Waals surface area contributed by atoms with Crippen LogP contribution in [0.4, 0.5) is 0 Å². The molecular formula is C22H23N3O4. The third-order valence-electron chi connectivity index (χ3n) is 4.74. The van der Waals surface area contributed by atoms with Crippen LogP contribution < -0.4 is 10.9 Å². The number of nitrogens with one attached hydrogen (secondary N) is 1. The number of methoxy groups -OCH3 is 1. The predicted molar refractivity (Wildman–Crippen MR) is 109 cm³/mol. The quantitative estimate of drug-likeness (QED) is 0.618. The van der Waals surface area contributed by atoms with Crippen LogP contribution in [0.2, 0.25) is 0 Å². The second-order valence-electron chi connectivity index (χ2n) is 6.74. The summed E-state index contributed by atoms with van der Waals surface area (Å²) in [5.41, 5.74) is 2.43. The molecule has 0 aliphatic carbocycles. The molecule has 150 valence electrons. The van der Waals surface area contributed by atoms with E-state index in [0.717, 1.165) is 11.1 Å². The lowest BCUT2D eigenvalue weighted by atomic mass is 10.1. The van der Waals surface area contributed by atoms with E-state index in [1.165, 1.54) is 11.7 Å². The van der Waals surface area contributed by atoms with Gasteiger partial charge < -0.3 is 14.6 Å². The number of benzene rings is 2. The minimum absolute atomic E-state index is 0.0445. The maximum Gasteiger partial charge on any atom is 0.328 e. The summed E-state index contributed by atoms with van der Waals surface area (Å²) in [7, 11) is 2.97. The molecule has 7 nitrogen and oxygen atoms in total. The van der Waals surface area contributed by atoms with Gasteiger partial charge in [-0.3, -0.25) is 9.59 Å². The van der Waals surface area contributed by atoms with E-state index in [9.17, 15) is 14.4 Å². The van der Waals surface area contributed by atoms with Crippen LogP contribution in [0.5, 0.6) is 0 Å². The number of nitrogens with zero attached hydrogens (tertiary/aromatic N) is 2. The minimum Gasteiger partial charge on any atom is -0.467 e. The molecule has 1 heterocycles. The predicted octanol–water partition coefficient (Wildman–Crippen LogP) is 1.77. The zero-order valence-corrected chi connectivity index (χ0v) is 16.4. The van der Waals surface area contributed by atoms with Gasteiger partial charge in [0, 0.05) is 26.3 Å². The molecule has 1 amide bonds. The first kappa shape index (κ1) is 20.3. The van der Waals surface area contributed by atoms with Gasteiger partial charge in [-0.05, 0) is 17.7 Å². The third-order valence-corrected chi connectivity index (χ3v) is 4.74. The zero-order chi connectivity index (χ0) is 20.8. The Morgan fingerprint density at radius 3 is 2.52 bits per heavy atom. The molecule has 0 fully saturated rings. The van der Waals surface area contributed by atoms with Gasteiger partial charge in [0.1, 0.15) is 11.7 Å². The first-order valence-electron chi connectivity index (χ1n) is 9.35. The number of aryl methyl sites for hydroxylation is 2. The first-order chi connectivity index (χ1) is 14.0. The van der Waals surface area contributed by atoms with Crippen LogP contribution in [0.25, 0.3) is 11.0 Å². The first-order valence-corrected chi connectivity index (χ1v) is 9.35. The van der Waals surface area contributed by atoms with Crippen molar-refractivity contribution in [3.63, 3.8) is 0 Å². The van der Waals surface area contributed by atoms with Crippen molar-refractivity contribution in [1.82, 2.24) is 14.9 Å². The summed E-state index contributed by atoms with van der Waals surface area (Å²) in [6, 6.07) is 15.9. The summed E-state index contributed by atoms with van der Waals surface area (Å²) < 4.78 is 6.34. The summed E-state index contributed by atoms with van der Waals surface area (Å²) in [4.78, 5) is 41.4. The number of ether oxygens (including phenoxy) is 1. The largest absolute Gasteiger partial charge is 0.467 e. The smallest absolute Gasteiger partial charge is 0.328 e. The standard InChI is InChI=1S/C22H23N3O4/c1-25-19-11-7-6-10-16(19)23-17(21(25)27)12-13-20(26)24-18(22(28)29-2)14-15-8-4-3-5-9-15/h3-11,18H,12-14H2,1-2H3,(H,24,26). The van der Waals surface area contributed by atoms with E-state index in [-0.39, 0.29) is 24.3 Å². The van der Waals surface area contributed by atoms with E-state index < -0.39 is 12.0 Å². The van der Waals surface area contributed by atoms with Gasteiger partial charge in [0.05, 0.1) is 18.1 Å². The lowest BCUT2D eigenvalue weighted by Crippen LogP contribution is -2.43. The highest BCUT2D eigenvalue weighted by Gasteiger charge is 2.22. The average molecular weight is 393 g/mol. The number of para-hydroxylation sites is 2. The van der Waals surface area contributed by atoms with E-state index in [4.69, 9.17) is 4.74 Å². The lowest BCUT2D eigenvalue weighted by molar-refractivity contribution is -0.145. The van der Waals surface area contributed by atoms with Gasteiger partial charge in [-0.15, -0.1) is 0 Å². The molecule has 1 N–H and O–H groups in total. The number of carbonyl (C=O) groups excluding carboxylic acids is 2. The maximum absolute atomic E-state index is 12.5. The molecular weight excluding hydrogens is 370 g/mol. The molecule has 7 heteroatoms. The van der Waals surface area contributed by atoms with Crippen molar-refractivity contribution in [2.45, 2.75) is 25.3 Å². The van der Waals surface area contributed by atoms with Crippen molar-refractivity contribution in [3.8, 4) is 0 Å². The van der Waals surface area contributed by atoms with Crippen molar-refractivity contribution >= 4 is 22.9 Å². The minimum atomic E-state index is -0.790. The second-order valence-corrected chi connectivity index (χ2v) is 6.74. The Morgan fingerprint density at radius 1 is 1.10 bits per heavy atom. The molecule has 2 aromatic carbocycles. The number of hydrogen-bond acceptors (Lipinski definition) is 5. The Labute approximate surface area is 168 Å². The monoisotopic (exact) mass is 393 g/mol. The number of rotatable bonds is 7. The molecule has 0 radical (unpaired) electrons. The van der Waals surface area contributed by atoms with Crippen LogP contribution in [0.15, 0.2) is 59.4 Å². The van der Waals surface area contributed by atoms with Crippen molar-refractivity contribution in [1.29, 1.82) is 0 Å². The normalized spacial score (nSPS) is 11.8. The van der Waals surface area contributed by atoms with Crippen LogP contribution in [-0.4, -0.2) is 34.6 Å². The van der Waals surface area contributed by atoms with Gasteiger partial charge >= 0.3 is 5.97 Å². The number of amides is 1. The summed E-state index contributed by atoms with van der Waals surface area (Å²) in [5, 5.41) is 2.71. The Kier molecular flexibility index (Phi) is 6.39. The average Bonchev–Trinajstić information content (AvgIpc) is 2.75. The number of esters is 1. The number of carbonyl (C=O) groups is 2. The number of fused-ring (bicyclic) bond motifs is 1. The SMILES string of the molecule is COC(=O)C(Cc1ccccc1)NC(=O)CCc1nc2ccccc2n(C)c1=O. The molecule has 0 spiro atoms. The highest BCUT2D eigenvalue weighted by molar-refractivity contribution is 5.84. The van der Waals surface area contributed by atoms with Gasteiger partial charge in [0.2, 0.25) is 5.91 Å². The highest BCUT2D eigenvalue weighted by Crippen LogP contribution is 2.10. The fraction of sp³-hybridized carbons (Fsp3) is 0.273. The lowest BCUT2D eigenvalue weighted by Gasteiger charge is -2.16. The summed E-state index contributed by atoms with van der Waals surface area (Å²) in [6.45, 7) is 0. The van der Waals surface area contributed by atoms with Crippen molar-refractivity contribution in [3.05, 3.63) is 76.2 Å². The summed E-state index contributed by atoms with van der Waals surface area (Å²) in [5.74, 6) is -0.852. The molecule has 1 atom stereocenters. The molecule has 3 rings (SSSR count). The highest BCUT2D eigenvalue weighted by atomic mass is 16.5. The van der Waals surface area contributed by atoms with E-state index in [1.54, 1.807) is 7.05 Å². The van der Waals surface area contributed by atoms with Crippen molar-refractivity contribution in [2.24, 2.45) is 7.05 Å². The topological polar surface area (TPSA) is 90.3 Å². The van der Waals surface area contributed by atoms with Gasteiger partial charge in [-0.25, -0.2) is 9.78 Å². The molecule has 0 bridgehead atoms. The summed E-state index contributed by atoms with van der Waals surface area (Å²) >= 11 is 0. The van der Waals surface area contributed by atoms with Crippen molar-refractivity contribution in [2.75, 3.05) is 7.11 Å². The molecule has 0 aliphatic heterocycles. The molecule has 0 saturated carbocycles. The van der Waals surface area contributed by atoms with Gasteiger partial charge in [0.15, 0.2) is 0 Å². The van der Waals surface area contributed by atoms with Gasteiger partial charge in [0.25, 0.3) is 5.56 Å². The Bertz CT molecular complexity index is 1080. The fourth-order valence-electron chi connectivity index (χ4n) is 3.19. The van der Waals surface area contributed by atoms with Crippen molar-refractivity contribution < 1.29 is 14.3 Å². The Morgan fingerprint density at radius 2 is 1.79 bits per heavy atom. The van der Waals surface area contributed by atoms with E-state index in [2.05, 4.69) is 10.3 Å². The third kappa shape index (κ3) is 4.87. The summed E-state index contributed by atoms with van der Waals surface area (Å²) in [6.07, 6.45) is 0.556. The molecule has 0 saturated heterocycles. The van der Waals surface area contributed by atoms with Crippen LogP contribution in [0, 0.1) is 0 Å². The van der Waals surface area contributed by atoms with Crippen LogP contribution >= 0.6 is 0 Å². The van der Waals surface area contributed by atoms with Crippen LogP contribution in [-0.2, 0) is 34.2 Å². The number of hydrogen-bond donors (Lipinski definition) is 1. The van der Waals surface area contributed by atoms with E-state index in [0.29, 0.717) is 17.6 Å². The fourth-order valence-corrected chi connectivity index (χ4v) is 3.19.